The largest absolute Gasteiger partial charge is 0.508 e. The van der Waals surface area contributed by atoms with Crippen LogP contribution in [0.1, 0.15) is 11.1 Å². The van der Waals surface area contributed by atoms with Crippen molar-refractivity contribution in [3.8, 4) is 5.75 Å². The van der Waals surface area contributed by atoms with E-state index in [9.17, 15) is 13.5 Å². The number of phenolic OH excluding ortho intramolecular Hbond substituents is 1. The summed E-state index contributed by atoms with van der Waals surface area (Å²) in [7, 11) is -1.97. The Labute approximate surface area is 133 Å². The van der Waals surface area contributed by atoms with Crippen molar-refractivity contribution < 1.29 is 13.5 Å². The van der Waals surface area contributed by atoms with Crippen molar-refractivity contribution >= 4 is 26.0 Å². The third-order valence-electron chi connectivity index (χ3n) is 3.13. The molecule has 2 aromatic carbocycles. The van der Waals surface area contributed by atoms with Crippen molar-refractivity contribution in [2.45, 2.75) is 16.8 Å². The van der Waals surface area contributed by atoms with Gasteiger partial charge in [0.15, 0.2) is 0 Å². The average molecular weight is 370 g/mol. The Morgan fingerprint density at radius 1 is 1.00 bits per heavy atom. The zero-order chi connectivity index (χ0) is 15.5. The first-order valence-electron chi connectivity index (χ1n) is 6.32. The molecule has 0 saturated carbocycles. The van der Waals surface area contributed by atoms with Gasteiger partial charge in [0.25, 0.3) is 0 Å². The number of nitrogens with zero attached hydrogens (tertiary/aromatic N) is 1. The van der Waals surface area contributed by atoms with Crippen LogP contribution in [0.2, 0.25) is 0 Å². The lowest BCUT2D eigenvalue weighted by molar-refractivity contribution is 0.463. The predicted molar refractivity (Wildman–Crippen MR) is 85.8 cm³/mol. The predicted octanol–water partition coefficient (Wildman–Crippen LogP) is 3.11. The van der Waals surface area contributed by atoms with Gasteiger partial charge in [-0.05, 0) is 35.4 Å². The maximum Gasteiger partial charge on any atom is 0.243 e. The molecule has 0 fully saturated rings. The van der Waals surface area contributed by atoms with Gasteiger partial charge in [0, 0.05) is 18.9 Å². The van der Waals surface area contributed by atoms with Crippen LogP contribution in [0.3, 0.4) is 0 Å². The molecule has 0 aliphatic carbocycles. The van der Waals surface area contributed by atoms with Crippen LogP contribution in [0.4, 0.5) is 0 Å². The normalized spacial score (nSPS) is 11.8. The van der Waals surface area contributed by atoms with Crippen LogP contribution >= 0.6 is 15.9 Å². The zero-order valence-corrected chi connectivity index (χ0v) is 13.9. The van der Waals surface area contributed by atoms with Crippen LogP contribution in [0, 0.1) is 0 Å². The molecule has 0 unspecified atom stereocenters. The maximum absolute atomic E-state index is 12.5. The van der Waals surface area contributed by atoms with Crippen molar-refractivity contribution in [3.05, 3.63) is 59.7 Å². The van der Waals surface area contributed by atoms with E-state index in [2.05, 4.69) is 15.9 Å². The minimum atomic E-state index is -3.52. The number of sulfonamides is 1. The molecule has 0 aliphatic rings. The second-order valence-electron chi connectivity index (χ2n) is 4.71. The van der Waals surface area contributed by atoms with Crippen molar-refractivity contribution in [2.24, 2.45) is 0 Å². The lowest BCUT2D eigenvalue weighted by Crippen LogP contribution is -2.26. The van der Waals surface area contributed by atoms with Crippen LogP contribution in [-0.4, -0.2) is 24.9 Å². The van der Waals surface area contributed by atoms with Crippen molar-refractivity contribution in [3.63, 3.8) is 0 Å². The second-order valence-corrected chi connectivity index (χ2v) is 7.31. The van der Waals surface area contributed by atoms with E-state index in [0.717, 1.165) is 11.1 Å². The van der Waals surface area contributed by atoms with E-state index >= 15 is 0 Å². The summed E-state index contributed by atoms with van der Waals surface area (Å²) in [4.78, 5) is 0.272. The van der Waals surface area contributed by atoms with Gasteiger partial charge in [0.1, 0.15) is 5.75 Å². The molecular formula is C15H16BrNO3S. The highest BCUT2D eigenvalue weighted by Gasteiger charge is 2.20. The molecule has 1 N–H and O–H groups in total. The minimum absolute atomic E-state index is 0.162. The number of phenols is 1. The van der Waals surface area contributed by atoms with E-state index in [1.54, 1.807) is 55.6 Å². The summed E-state index contributed by atoms with van der Waals surface area (Å²) in [6.45, 7) is 0.253. The van der Waals surface area contributed by atoms with Gasteiger partial charge in [0.05, 0.1) is 4.90 Å². The van der Waals surface area contributed by atoms with Gasteiger partial charge in [-0.25, -0.2) is 8.42 Å². The average Bonchev–Trinajstić information content (AvgIpc) is 2.49. The minimum Gasteiger partial charge on any atom is -0.508 e. The Balaban J connectivity index is 2.19. The van der Waals surface area contributed by atoms with Crippen molar-refractivity contribution in [1.29, 1.82) is 0 Å². The molecule has 21 heavy (non-hydrogen) atoms. The van der Waals surface area contributed by atoms with Gasteiger partial charge in [-0.3, -0.25) is 0 Å². The molecule has 4 nitrogen and oxygen atoms in total. The van der Waals surface area contributed by atoms with Crippen LogP contribution in [0.15, 0.2) is 53.4 Å². The molecular weight excluding hydrogens is 354 g/mol. The molecule has 0 aromatic heterocycles. The van der Waals surface area contributed by atoms with E-state index in [4.69, 9.17) is 0 Å². The Hall–Kier alpha value is -1.37. The van der Waals surface area contributed by atoms with Gasteiger partial charge >= 0.3 is 0 Å². The fourth-order valence-corrected chi connectivity index (χ4v) is 3.41. The van der Waals surface area contributed by atoms with Crippen LogP contribution in [0.25, 0.3) is 0 Å². The van der Waals surface area contributed by atoms with Gasteiger partial charge in [-0.2, -0.15) is 4.31 Å². The van der Waals surface area contributed by atoms with E-state index < -0.39 is 10.0 Å². The van der Waals surface area contributed by atoms with Gasteiger partial charge in [-0.15, -0.1) is 0 Å². The lowest BCUT2D eigenvalue weighted by atomic mass is 10.2. The highest BCUT2D eigenvalue weighted by atomic mass is 79.9. The molecule has 0 spiro atoms. The van der Waals surface area contributed by atoms with Crippen molar-refractivity contribution in [2.75, 3.05) is 7.05 Å². The number of halogens is 1. The number of benzene rings is 2. The first kappa shape index (κ1) is 16.0. The standard InChI is InChI=1S/C15H16BrNO3S/c1-17(11-13-2-6-14(18)7-3-13)21(19,20)15-8-4-12(10-16)5-9-15/h2-9,18H,10-11H2,1H3. The molecule has 2 rings (SSSR count). The van der Waals surface area contributed by atoms with Crippen molar-refractivity contribution in [1.82, 2.24) is 4.31 Å². The van der Waals surface area contributed by atoms with Crippen LogP contribution in [-0.2, 0) is 21.9 Å². The Bertz CT molecular complexity index is 697. The molecule has 0 saturated heterocycles. The van der Waals surface area contributed by atoms with Gasteiger partial charge < -0.3 is 5.11 Å². The van der Waals surface area contributed by atoms with Crippen LogP contribution < -0.4 is 0 Å². The molecule has 112 valence electrons. The highest BCUT2D eigenvalue weighted by molar-refractivity contribution is 9.08. The van der Waals surface area contributed by atoms with Gasteiger partial charge in [-0.1, -0.05) is 40.2 Å². The molecule has 0 bridgehead atoms. The van der Waals surface area contributed by atoms with E-state index in [-0.39, 0.29) is 17.2 Å². The first-order chi connectivity index (χ1) is 9.93. The molecule has 0 atom stereocenters. The Kier molecular flexibility index (Phi) is 5.03. The fraction of sp³-hybridized carbons (Fsp3) is 0.200. The molecule has 6 heteroatoms. The Morgan fingerprint density at radius 3 is 2.05 bits per heavy atom. The van der Waals surface area contributed by atoms with Crippen LogP contribution in [0.5, 0.6) is 5.75 Å². The fourth-order valence-electron chi connectivity index (χ4n) is 1.87. The van der Waals surface area contributed by atoms with Gasteiger partial charge in [0.2, 0.25) is 10.0 Å². The summed E-state index contributed by atoms with van der Waals surface area (Å²) < 4.78 is 26.2. The summed E-state index contributed by atoms with van der Waals surface area (Å²) in [6.07, 6.45) is 0. The smallest absolute Gasteiger partial charge is 0.243 e. The molecule has 2 aromatic rings. The maximum atomic E-state index is 12.5. The Morgan fingerprint density at radius 2 is 1.52 bits per heavy atom. The quantitative estimate of drug-likeness (QED) is 0.823. The number of hydrogen-bond donors (Lipinski definition) is 1. The van der Waals surface area contributed by atoms with E-state index in [0.29, 0.717) is 5.33 Å². The number of rotatable bonds is 5. The molecule has 0 amide bonds. The molecule has 0 aliphatic heterocycles. The summed E-state index contributed by atoms with van der Waals surface area (Å²) in [6, 6.07) is 13.3. The third kappa shape index (κ3) is 3.84. The summed E-state index contributed by atoms with van der Waals surface area (Å²) >= 11 is 3.33. The third-order valence-corrected chi connectivity index (χ3v) is 5.59. The van der Waals surface area contributed by atoms with E-state index in [1.165, 1.54) is 4.31 Å². The number of aromatic hydroxyl groups is 1. The topological polar surface area (TPSA) is 57.6 Å². The zero-order valence-electron chi connectivity index (χ0n) is 11.5. The number of alkyl halides is 1. The van der Waals surface area contributed by atoms with E-state index in [1.807, 2.05) is 0 Å². The second kappa shape index (κ2) is 6.60. The SMILES string of the molecule is CN(Cc1ccc(O)cc1)S(=O)(=O)c1ccc(CBr)cc1. The highest BCUT2D eigenvalue weighted by Crippen LogP contribution is 2.19. The summed E-state index contributed by atoms with van der Waals surface area (Å²) in [5, 5.41) is 9.93. The lowest BCUT2D eigenvalue weighted by Gasteiger charge is -2.17. The monoisotopic (exact) mass is 369 g/mol. The summed E-state index contributed by atoms with van der Waals surface area (Å²) in [5.74, 6) is 0.162. The summed E-state index contributed by atoms with van der Waals surface area (Å²) in [5.41, 5.74) is 1.84. The first-order valence-corrected chi connectivity index (χ1v) is 8.89. The number of hydrogen-bond acceptors (Lipinski definition) is 3. The molecule has 0 radical (unpaired) electrons. The molecule has 0 heterocycles.